The molecule has 0 bridgehead atoms. The minimum atomic E-state index is -0.355. The molecule has 2 N–H and O–H groups in total. The standard InChI is InChI=1S/C15H17NO4/c1-2-19-15(18)13-5-3-4-6-14(13)16-9-11-7-8-12(10-17)20-11/h3-8,16-17H,2,9-10H2,1H3. The summed E-state index contributed by atoms with van der Waals surface area (Å²) >= 11 is 0. The van der Waals surface area contributed by atoms with E-state index in [1.165, 1.54) is 0 Å². The molecular formula is C15H17NO4. The second-order valence-electron chi connectivity index (χ2n) is 4.15. The summed E-state index contributed by atoms with van der Waals surface area (Å²) in [5.74, 6) is 0.847. The zero-order chi connectivity index (χ0) is 14.4. The third-order valence-electron chi connectivity index (χ3n) is 2.75. The van der Waals surface area contributed by atoms with E-state index in [9.17, 15) is 4.79 Å². The lowest BCUT2D eigenvalue weighted by atomic mass is 10.2. The predicted molar refractivity (Wildman–Crippen MR) is 74.4 cm³/mol. The van der Waals surface area contributed by atoms with E-state index in [1.807, 2.05) is 12.1 Å². The number of ether oxygens (including phenoxy) is 1. The molecule has 0 saturated heterocycles. The fraction of sp³-hybridized carbons (Fsp3) is 0.267. The Kier molecular flexibility index (Phi) is 4.79. The van der Waals surface area contributed by atoms with Crippen molar-refractivity contribution in [3.8, 4) is 0 Å². The first-order valence-corrected chi connectivity index (χ1v) is 6.43. The van der Waals surface area contributed by atoms with Gasteiger partial charge in [0.15, 0.2) is 0 Å². The molecule has 0 amide bonds. The lowest BCUT2D eigenvalue weighted by Crippen LogP contribution is -2.09. The maximum atomic E-state index is 11.8. The highest BCUT2D eigenvalue weighted by Gasteiger charge is 2.11. The highest BCUT2D eigenvalue weighted by atomic mass is 16.5. The molecule has 0 unspecified atom stereocenters. The predicted octanol–water partition coefficient (Wildman–Crippen LogP) is 2.56. The van der Waals surface area contributed by atoms with Gasteiger partial charge >= 0.3 is 5.97 Å². The van der Waals surface area contributed by atoms with Crippen molar-refractivity contribution in [3.05, 3.63) is 53.5 Å². The molecule has 0 radical (unpaired) electrons. The largest absolute Gasteiger partial charge is 0.462 e. The van der Waals surface area contributed by atoms with E-state index in [2.05, 4.69) is 5.32 Å². The van der Waals surface area contributed by atoms with Gasteiger partial charge in [0.25, 0.3) is 0 Å². The van der Waals surface area contributed by atoms with Crippen molar-refractivity contribution in [1.29, 1.82) is 0 Å². The molecule has 0 aliphatic rings. The van der Waals surface area contributed by atoms with Crippen LogP contribution in [0.3, 0.4) is 0 Å². The highest BCUT2D eigenvalue weighted by Crippen LogP contribution is 2.18. The smallest absolute Gasteiger partial charge is 0.340 e. The molecule has 2 aromatic rings. The van der Waals surface area contributed by atoms with Crippen LogP contribution in [0.5, 0.6) is 0 Å². The number of benzene rings is 1. The molecule has 0 atom stereocenters. The van der Waals surface area contributed by atoms with Gasteiger partial charge in [-0.1, -0.05) is 12.1 Å². The van der Waals surface area contributed by atoms with E-state index in [4.69, 9.17) is 14.3 Å². The number of rotatable bonds is 6. The Morgan fingerprint density at radius 2 is 2.00 bits per heavy atom. The summed E-state index contributed by atoms with van der Waals surface area (Å²) in [7, 11) is 0. The van der Waals surface area contributed by atoms with Gasteiger partial charge in [-0.3, -0.25) is 0 Å². The third-order valence-corrected chi connectivity index (χ3v) is 2.75. The number of carbonyl (C=O) groups excluding carboxylic acids is 1. The lowest BCUT2D eigenvalue weighted by molar-refractivity contribution is 0.0527. The van der Waals surface area contributed by atoms with Crippen LogP contribution in [-0.2, 0) is 17.9 Å². The summed E-state index contributed by atoms with van der Waals surface area (Å²) in [5, 5.41) is 12.1. The number of aliphatic hydroxyl groups is 1. The van der Waals surface area contributed by atoms with Crippen molar-refractivity contribution in [2.24, 2.45) is 0 Å². The van der Waals surface area contributed by atoms with Gasteiger partial charge < -0.3 is 19.6 Å². The SMILES string of the molecule is CCOC(=O)c1ccccc1NCc1ccc(CO)o1. The fourth-order valence-electron chi connectivity index (χ4n) is 1.81. The first-order chi connectivity index (χ1) is 9.74. The second kappa shape index (κ2) is 6.77. The molecule has 1 heterocycles. The third kappa shape index (κ3) is 3.39. The molecule has 1 aromatic heterocycles. The summed E-state index contributed by atoms with van der Waals surface area (Å²) in [6.07, 6.45) is 0. The van der Waals surface area contributed by atoms with E-state index in [-0.39, 0.29) is 12.6 Å². The minimum absolute atomic E-state index is 0.126. The molecule has 0 fully saturated rings. The van der Waals surface area contributed by atoms with Gasteiger partial charge in [-0.15, -0.1) is 0 Å². The van der Waals surface area contributed by atoms with Crippen LogP contribution in [0, 0.1) is 0 Å². The zero-order valence-corrected chi connectivity index (χ0v) is 11.3. The van der Waals surface area contributed by atoms with Gasteiger partial charge in [0.1, 0.15) is 18.1 Å². The summed E-state index contributed by atoms with van der Waals surface area (Å²) in [6.45, 7) is 2.41. The van der Waals surface area contributed by atoms with Gasteiger partial charge in [-0.25, -0.2) is 4.79 Å². The van der Waals surface area contributed by atoms with Gasteiger partial charge in [-0.2, -0.15) is 0 Å². The average Bonchev–Trinajstić information content (AvgIpc) is 2.93. The number of anilines is 1. The van der Waals surface area contributed by atoms with E-state index in [0.717, 1.165) is 0 Å². The Balaban J connectivity index is 2.07. The summed E-state index contributed by atoms with van der Waals surface area (Å²) < 4.78 is 10.4. The van der Waals surface area contributed by atoms with E-state index in [1.54, 1.807) is 31.2 Å². The molecule has 0 saturated carbocycles. The number of para-hydroxylation sites is 1. The van der Waals surface area contributed by atoms with E-state index >= 15 is 0 Å². The Hall–Kier alpha value is -2.27. The molecule has 20 heavy (non-hydrogen) atoms. The van der Waals surface area contributed by atoms with Crippen LogP contribution in [0.2, 0.25) is 0 Å². The van der Waals surface area contributed by atoms with Crippen molar-refractivity contribution >= 4 is 11.7 Å². The maximum absolute atomic E-state index is 11.8. The van der Waals surface area contributed by atoms with Crippen molar-refractivity contribution in [1.82, 2.24) is 0 Å². The van der Waals surface area contributed by atoms with Crippen LogP contribution < -0.4 is 5.32 Å². The first-order valence-electron chi connectivity index (χ1n) is 6.43. The van der Waals surface area contributed by atoms with Crippen LogP contribution in [0.1, 0.15) is 28.8 Å². The van der Waals surface area contributed by atoms with Crippen LogP contribution in [-0.4, -0.2) is 17.7 Å². The van der Waals surface area contributed by atoms with Crippen LogP contribution in [0.25, 0.3) is 0 Å². The molecule has 106 valence electrons. The topological polar surface area (TPSA) is 71.7 Å². The molecule has 5 nitrogen and oxygen atoms in total. The van der Waals surface area contributed by atoms with Gasteiger partial charge in [-0.05, 0) is 31.2 Å². The number of hydrogen-bond donors (Lipinski definition) is 2. The number of esters is 1. The molecule has 5 heteroatoms. The Labute approximate surface area is 117 Å². The summed E-state index contributed by atoms with van der Waals surface area (Å²) in [5.41, 5.74) is 1.18. The number of aliphatic hydroxyl groups excluding tert-OH is 1. The molecule has 2 rings (SSSR count). The number of furan rings is 1. The fourth-order valence-corrected chi connectivity index (χ4v) is 1.81. The van der Waals surface area contributed by atoms with Crippen LogP contribution >= 0.6 is 0 Å². The average molecular weight is 275 g/mol. The van der Waals surface area contributed by atoms with Gasteiger partial charge in [0.05, 0.1) is 18.7 Å². The number of nitrogens with one attached hydrogen (secondary N) is 1. The molecule has 1 aromatic carbocycles. The van der Waals surface area contributed by atoms with Gasteiger partial charge in [0, 0.05) is 5.69 Å². The zero-order valence-electron chi connectivity index (χ0n) is 11.3. The first kappa shape index (κ1) is 14.1. The Morgan fingerprint density at radius 1 is 1.25 bits per heavy atom. The number of hydrogen-bond acceptors (Lipinski definition) is 5. The van der Waals surface area contributed by atoms with Crippen molar-refractivity contribution in [2.45, 2.75) is 20.1 Å². The lowest BCUT2D eigenvalue weighted by Gasteiger charge is -2.10. The van der Waals surface area contributed by atoms with Crippen molar-refractivity contribution in [3.63, 3.8) is 0 Å². The second-order valence-corrected chi connectivity index (χ2v) is 4.15. The van der Waals surface area contributed by atoms with Crippen molar-refractivity contribution in [2.75, 3.05) is 11.9 Å². The normalized spacial score (nSPS) is 10.3. The molecular weight excluding hydrogens is 258 g/mol. The molecule has 0 aliphatic heterocycles. The maximum Gasteiger partial charge on any atom is 0.340 e. The highest BCUT2D eigenvalue weighted by molar-refractivity contribution is 5.95. The van der Waals surface area contributed by atoms with E-state index in [0.29, 0.717) is 35.9 Å². The Bertz CT molecular complexity index is 577. The minimum Gasteiger partial charge on any atom is -0.462 e. The van der Waals surface area contributed by atoms with Crippen LogP contribution in [0.15, 0.2) is 40.8 Å². The summed E-state index contributed by atoms with van der Waals surface area (Å²) in [6, 6.07) is 10.6. The van der Waals surface area contributed by atoms with Gasteiger partial charge in [0.2, 0.25) is 0 Å². The summed E-state index contributed by atoms with van der Waals surface area (Å²) in [4.78, 5) is 11.8. The molecule has 0 aliphatic carbocycles. The van der Waals surface area contributed by atoms with E-state index < -0.39 is 0 Å². The quantitative estimate of drug-likeness (QED) is 0.793. The van der Waals surface area contributed by atoms with Crippen LogP contribution in [0.4, 0.5) is 5.69 Å². The Morgan fingerprint density at radius 3 is 2.70 bits per heavy atom. The van der Waals surface area contributed by atoms with Crippen molar-refractivity contribution < 1.29 is 19.1 Å². The molecule has 0 spiro atoms. The monoisotopic (exact) mass is 275 g/mol. The number of carbonyl (C=O) groups is 1.